The molecule has 69 heavy (non-hydrogen) atoms. The lowest BCUT2D eigenvalue weighted by molar-refractivity contribution is 0.481. The molecule has 5 aromatic heterocycles. The van der Waals surface area contributed by atoms with Crippen molar-refractivity contribution >= 4 is 85.7 Å². The largest absolute Gasteiger partial charge is 0.507 e. The highest BCUT2D eigenvalue weighted by Gasteiger charge is 1.99. The minimum absolute atomic E-state index is 0.310. The molecule has 10 aromatic rings. The van der Waals surface area contributed by atoms with Gasteiger partial charge in [0.25, 0.3) is 0 Å². The number of phenols is 5. The van der Waals surface area contributed by atoms with Gasteiger partial charge in [-0.15, -0.1) is 26.3 Å². The number of allylic oxidation sites excluding steroid dienone is 2. The summed E-state index contributed by atoms with van der Waals surface area (Å²) in [6.45, 7) is 20.5. The molecule has 0 spiro atoms. The topological polar surface area (TPSA) is 166 Å². The molecule has 0 unspecified atom stereocenters. The number of pyridine rings is 5. The zero-order chi connectivity index (χ0) is 51.8. The maximum Gasteiger partial charge on any atom is 0.123 e. The molecule has 5 N–H and O–H groups in total. The normalized spacial score (nSPS) is 8.81. The molecule has 10 nitrogen and oxygen atoms in total. The molecule has 0 saturated carbocycles. The lowest BCUT2D eigenvalue weighted by Crippen LogP contribution is -1.74. The fraction of sp³-hybridized carbons (Fsp3) is 0.105. The van der Waals surface area contributed by atoms with Gasteiger partial charge < -0.3 is 25.5 Å². The molecule has 0 bridgehead atoms. The molecular formula is C57H63Br2N5O5. The highest BCUT2D eigenvalue weighted by atomic mass is 79.9. The molecule has 5 heterocycles. The van der Waals surface area contributed by atoms with Gasteiger partial charge in [0.05, 0.1) is 0 Å². The van der Waals surface area contributed by atoms with Gasteiger partial charge >= 0.3 is 0 Å². The van der Waals surface area contributed by atoms with E-state index in [2.05, 4.69) is 83.1 Å². The van der Waals surface area contributed by atoms with Crippen molar-refractivity contribution in [2.75, 3.05) is 11.7 Å². The van der Waals surface area contributed by atoms with E-state index in [-0.39, 0.29) is 0 Å². The molecule has 0 aliphatic rings. The molecule has 0 saturated heterocycles. The lowest BCUT2D eigenvalue weighted by atomic mass is 10.2. The van der Waals surface area contributed by atoms with E-state index in [9.17, 15) is 25.5 Å². The number of fused-ring (bicyclic) bond motifs is 5. The SMILES string of the molecule is C=C.C=CC.C=CC.CBr.CBr.CC.Oc1cccc2cnccc12.Oc1cccc2cnccc12.Oc1cccc2cnccc12.Oc1cccc2cnccc12.Oc1cccc2cnccc12. The van der Waals surface area contributed by atoms with Gasteiger partial charge in [0, 0.05) is 116 Å². The first-order chi connectivity index (χ1) is 33.7. The quantitative estimate of drug-likeness (QED) is 0.0729. The zero-order valence-electron chi connectivity index (χ0n) is 40.0. The summed E-state index contributed by atoms with van der Waals surface area (Å²) < 4.78 is 0. The van der Waals surface area contributed by atoms with Crippen molar-refractivity contribution in [1.82, 2.24) is 24.9 Å². The Labute approximate surface area is 423 Å². The number of halogens is 2. The Morgan fingerprint density at radius 2 is 0.478 bits per heavy atom. The monoisotopic (exact) mass is 1060 g/mol. The van der Waals surface area contributed by atoms with E-state index in [4.69, 9.17) is 0 Å². The second kappa shape index (κ2) is 38.4. The van der Waals surface area contributed by atoms with Crippen LogP contribution in [-0.2, 0) is 0 Å². The van der Waals surface area contributed by atoms with Crippen LogP contribution in [0.3, 0.4) is 0 Å². The average molecular weight is 1060 g/mol. The Balaban J connectivity index is 0.000000785. The van der Waals surface area contributed by atoms with Crippen LogP contribution in [0.15, 0.2) is 222 Å². The van der Waals surface area contributed by atoms with Gasteiger partial charge in [0.1, 0.15) is 28.7 Å². The van der Waals surface area contributed by atoms with Gasteiger partial charge in [-0.25, -0.2) is 0 Å². The molecule has 360 valence electrons. The fourth-order valence-electron chi connectivity index (χ4n) is 5.53. The molecule has 10 rings (SSSR count). The summed E-state index contributed by atoms with van der Waals surface area (Å²) in [7, 11) is 0. The second-order valence-electron chi connectivity index (χ2n) is 12.7. The van der Waals surface area contributed by atoms with E-state index in [1.807, 2.05) is 69.7 Å². The Kier molecular flexibility index (Phi) is 34.2. The van der Waals surface area contributed by atoms with E-state index in [1.165, 1.54) is 0 Å². The van der Waals surface area contributed by atoms with E-state index in [0.29, 0.717) is 28.7 Å². The summed E-state index contributed by atoms with van der Waals surface area (Å²) >= 11 is 5.88. The van der Waals surface area contributed by atoms with Crippen LogP contribution in [0.5, 0.6) is 28.7 Å². The van der Waals surface area contributed by atoms with Gasteiger partial charge in [0.2, 0.25) is 0 Å². The number of hydrogen-bond donors (Lipinski definition) is 5. The Morgan fingerprint density at radius 3 is 0.609 bits per heavy atom. The van der Waals surface area contributed by atoms with E-state index in [1.54, 1.807) is 165 Å². The van der Waals surface area contributed by atoms with E-state index in [0.717, 1.165) is 53.9 Å². The van der Waals surface area contributed by atoms with Crippen molar-refractivity contribution in [2.24, 2.45) is 0 Å². The van der Waals surface area contributed by atoms with Crippen LogP contribution in [-0.4, -0.2) is 62.1 Å². The minimum Gasteiger partial charge on any atom is -0.507 e. The molecule has 0 amide bonds. The van der Waals surface area contributed by atoms with Crippen molar-refractivity contribution in [2.45, 2.75) is 27.7 Å². The van der Waals surface area contributed by atoms with Crippen LogP contribution in [0.2, 0.25) is 0 Å². The summed E-state index contributed by atoms with van der Waals surface area (Å²) in [5.74, 6) is 5.18. The summed E-state index contributed by atoms with van der Waals surface area (Å²) in [4.78, 5) is 19.7. The third-order valence-corrected chi connectivity index (χ3v) is 8.29. The van der Waals surface area contributed by atoms with E-state index < -0.39 is 0 Å². The number of aromatic nitrogens is 5. The van der Waals surface area contributed by atoms with Crippen LogP contribution < -0.4 is 0 Å². The lowest BCUT2D eigenvalue weighted by Gasteiger charge is -1.97. The number of alkyl halides is 2. The Morgan fingerprint density at radius 1 is 0.333 bits per heavy atom. The van der Waals surface area contributed by atoms with Crippen molar-refractivity contribution in [1.29, 1.82) is 0 Å². The second-order valence-corrected chi connectivity index (χ2v) is 12.7. The van der Waals surface area contributed by atoms with Crippen molar-refractivity contribution < 1.29 is 25.5 Å². The number of benzene rings is 5. The van der Waals surface area contributed by atoms with Crippen LogP contribution in [0.1, 0.15) is 27.7 Å². The summed E-state index contributed by atoms with van der Waals surface area (Å²) in [6.07, 6.45) is 20.5. The predicted molar refractivity (Wildman–Crippen MR) is 301 cm³/mol. The molecule has 0 fully saturated rings. The smallest absolute Gasteiger partial charge is 0.123 e. The minimum atomic E-state index is 0.310. The third-order valence-electron chi connectivity index (χ3n) is 8.29. The average Bonchev–Trinajstić information content (AvgIpc) is 3.41. The van der Waals surface area contributed by atoms with Crippen LogP contribution in [0.25, 0.3) is 53.9 Å². The van der Waals surface area contributed by atoms with Gasteiger partial charge in [-0.3, -0.25) is 24.9 Å². The first-order valence-corrected chi connectivity index (χ1v) is 24.4. The summed E-state index contributed by atoms with van der Waals surface area (Å²) in [5.41, 5.74) is 0. The van der Waals surface area contributed by atoms with Crippen molar-refractivity contribution in [3.05, 3.63) is 222 Å². The first-order valence-electron chi connectivity index (χ1n) is 21.2. The molecule has 5 aromatic carbocycles. The molecule has 0 aliphatic heterocycles. The molecule has 0 atom stereocenters. The van der Waals surface area contributed by atoms with Gasteiger partial charge in [-0.05, 0) is 86.2 Å². The highest BCUT2D eigenvalue weighted by Crippen LogP contribution is 2.25. The number of rotatable bonds is 0. The van der Waals surface area contributed by atoms with Gasteiger partial charge in [-0.2, -0.15) is 0 Å². The zero-order valence-corrected chi connectivity index (χ0v) is 43.2. The molecule has 0 radical (unpaired) electrons. The maximum atomic E-state index is 9.34. The first kappa shape index (κ1) is 61.3. The predicted octanol–water partition coefficient (Wildman–Crippen LogP) is 15.9. The third kappa shape index (κ3) is 21.7. The standard InChI is InChI=1S/5C9H7NO.2C3H6.C2H6.C2H4.2CH3Br/c5*11-9-3-1-2-7-6-10-5-4-8(7)9;2*1-3-2;4*1-2/h5*1-6,11H;2*3H,1H2,2H3;1-2H3;1-2H2;2*1H3. The molecular weight excluding hydrogens is 994 g/mol. The number of phenolic OH excluding ortho intramolecular Hbond substituents is 5. The van der Waals surface area contributed by atoms with E-state index >= 15 is 0 Å². The number of hydrogen-bond acceptors (Lipinski definition) is 10. The Hall–Kier alpha value is -7.67. The highest BCUT2D eigenvalue weighted by molar-refractivity contribution is 9.09. The summed E-state index contributed by atoms with van der Waals surface area (Å²) in [5, 5.41) is 55.8. The number of nitrogens with zero attached hydrogens (tertiary/aromatic N) is 5. The maximum absolute atomic E-state index is 9.34. The van der Waals surface area contributed by atoms with Gasteiger partial charge in [-0.1, -0.05) is 119 Å². The molecule has 12 heteroatoms. The summed E-state index contributed by atoms with van der Waals surface area (Å²) in [6, 6.07) is 35.9. The van der Waals surface area contributed by atoms with Crippen molar-refractivity contribution in [3.8, 4) is 28.7 Å². The van der Waals surface area contributed by atoms with Crippen molar-refractivity contribution in [3.63, 3.8) is 0 Å². The van der Waals surface area contributed by atoms with Crippen LogP contribution >= 0.6 is 31.9 Å². The van der Waals surface area contributed by atoms with Crippen LogP contribution in [0.4, 0.5) is 0 Å². The fourth-order valence-corrected chi connectivity index (χ4v) is 5.53. The van der Waals surface area contributed by atoms with Crippen LogP contribution in [0, 0.1) is 0 Å². The number of aromatic hydroxyl groups is 5. The Bertz CT molecular complexity index is 2480. The molecule has 0 aliphatic carbocycles. The van der Waals surface area contributed by atoms with Gasteiger partial charge in [0.15, 0.2) is 0 Å².